The lowest BCUT2D eigenvalue weighted by Gasteiger charge is -2.10. The largest absolute Gasteiger partial charge is 0.497 e. The van der Waals surface area contributed by atoms with Crippen LogP contribution in [0.4, 0.5) is 5.69 Å². The minimum absolute atomic E-state index is 0.0212. The summed E-state index contributed by atoms with van der Waals surface area (Å²) in [6.45, 7) is 1.97. The van der Waals surface area contributed by atoms with Crippen molar-refractivity contribution in [2.75, 3.05) is 19.5 Å². The van der Waals surface area contributed by atoms with Crippen molar-refractivity contribution in [3.63, 3.8) is 0 Å². The molecule has 2 aromatic heterocycles. The molecule has 1 amide bonds. The average Bonchev–Trinajstić information content (AvgIpc) is 3.23. The first kappa shape index (κ1) is 17.0. The second-order valence-electron chi connectivity index (χ2n) is 5.22. The van der Waals surface area contributed by atoms with Crippen molar-refractivity contribution in [1.82, 2.24) is 10.2 Å². The highest BCUT2D eigenvalue weighted by molar-refractivity contribution is 7.13. The van der Waals surface area contributed by atoms with Crippen LogP contribution >= 0.6 is 11.3 Å². The average molecular weight is 359 g/mol. The molecule has 0 aliphatic heterocycles. The topological polar surface area (TPSA) is 86.5 Å². The Morgan fingerprint density at radius 2 is 2.08 bits per heavy atom. The van der Waals surface area contributed by atoms with E-state index in [1.54, 1.807) is 25.3 Å². The summed E-state index contributed by atoms with van der Waals surface area (Å²) in [6, 6.07) is 7.12. The molecule has 0 saturated carbocycles. The van der Waals surface area contributed by atoms with E-state index in [0.29, 0.717) is 23.1 Å². The first-order chi connectivity index (χ1) is 12.1. The number of rotatable bonds is 6. The number of carbonyl (C=O) groups is 1. The quantitative estimate of drug-likeness (QED) is 0.727. The van der Waals surface area contributed by atoms with Gasteiger partial charge >= 0.3 is 0 Å². The maximum Gasteiger partial charge on any atom is 0.258 e. The fraction of sp³-hybridized carbons (Fsp3) is 0.235. The number of carbonyl (C=O) groups excluding carboxylic acids is 1. The summed E-state index contributed by atoms with van der Waals surface area (Å²) in [5.74, 6) is 1.56. The highest BCUT2D eigenvalue weighted by Gasteiger charge is 2.16. The van der Waals surface area contributed by atoms with Gasteiger partial charge < -0.3 is 19.2 Å². The summed E-state index contributed by atoms with van der Waals surface area (Å²) >= 11 is 1.52. The Hall–Kier alpha value is -2.87. The summed E-state index contributed by atoms with van der Waals surface area (Å²) in [5.41, 5.74) is 1.61. The number of benzene rings is 1. The van der Waals surface area contributed by atoms with Crippen LogP contribution in [-0.4, -0.2) is 30.3 Å². The molecule has 3 rings (SSSR count). The molecule has 0 atom stereocenters. The van der Waals surface area contributed by atoms with E-state index in [2.05, 4.69) is 15.5 Å². The molecule has 2 heterocycles. The molecule has 0 unspecified atom stereocenters. The van der Waals surface area contributed by atoms with Crippen LogP contribution in [0.3, 0.4) is 0 Å². The standard InChI is InChI=1S/C17H17N3O4S/c1-10-6-7-25-16(10)17-20-19-15(24-17)9-14(21)18-12-5-4-11(22-2)8-13(12)23-3/h4-8H,9H2,1-3H3,(H,18,21). The van der Waals surface area contributed by atoms with Crippen LogP contribution in [0.5, 0.6) is 11.5 Å². The van der Waals surface area contributed by atoms with E-state index in [1.807, 2.05) is 18.4 Å². The zero-order valence-electron chi connectivity index (χ0n) is 14.0. The van der Waals surface area contributed by atoms with Crippen molar-refractivity contribution in [3.8, 4) is 22.3 Å². The number of aromatic nitrogens is 2. The third-order valence-electron chi connectivity index (χ3n) is 3.52. The monoisotopic (exact) mass is 359 g/mol. The molecule has 3 aromatic rings. The Morgan fingerprint density at radius 3 is 2.76 bits per heavy atom. The van der Waals surface area contributed by atoms with Gasteiger partial charge in [0, 0.05) is 6.07 Å². The smallest absolute Gasteiger partial charge is 0.258 e. The van der Waals surface area contributed by atoms with Gasteiger partial charge in [-0.05, 0) is 36.1 Å². The highest BCUT2D eigenvalue weighted by atomic mass is 32.1. The fourth-order valence-electron chi connectivity index (χ4n) is 2.24. The first-order valence-corrected chi connectivity index (χ1v) is 8.37. The summed E-state index contributed by atoms with van der Waals surface area (Å²) < 4.78 is 16.0. The predicted octanol–water partition coefficient (Wildman–Crippen LogP) is 3.30. The van der Waals surface area contributed by atoms with Gasteiger partial charge in [-0.15, -0.1) is 21.5 Å². The number of nitrogens with zero attached hydrogens (tertiary/aromatic N) is 2. The molecule has 0 aliphatic carbocycles. The number of nitrogens with one attached hydrogen (secondary N) is 1. The van der Waals surface area contributed by atoms with Gasteiger partial charge in [-0.1, -0.05) is 0 Å². The molecule has 1 aromatic carbocycles. The highest BCUT2D eigenvalue weighted by Crippen LogP contribution is 2.30. The summed E-state index contributed by atoms with van der Waals surface area (Å²) in [5, 5.41) is 12.7. The van der Waals surface area contributed by atoms with Crippen molar-refractivity contribution in [2.24, 2.45) is 0 Å². The number of amides is 1. The van der Waals surface area contributed by atoms with E-state index in [-0.39, 0.29) is 18.2 Å². The maximum absolute atomic E-state index is 12.2. The fourth-order valence-corrected chi connectivity index (χ4v) is 3.09. The lowest BCUT2D eigenvalue weighted by atomic mass is 10.2. The molecular weight excluding hydrogens is 342 g/mol. The van der Waals surface area contributed by atoms with E-state index >= 15 is 0 Å². The van der Waals surface area contributed by atoms with Crippen LogP contribution < -0.4 is 14.8 Å². The molecule has 0 radical (unpaired) electrons. The summed E-state index contributed by atoms with van der Waals surface area (Å²) in [4.78, 5) is 13.2. The molecule has 1 N–H and O–H groups in total. The third kappa shape index (κ3) is 3.80. The van der Waals surface area contributed by atoms with E-state index in [4.69, 9.17) is 13.9 Å². The number of anilines is 1. The van der Waals surface area contributed by atoms with Crippen molar-refractivity contribution in [2.45, 2.75) is 13.3 Å². The first-order valence-electron chi connectivity index (χ1n) is 7.49. The van der Waals surface area contributed by atoms with Gasteiger partial charge in [0.25, 0.3) is 5.89 Å². The van der Waals surface area contributed by atoms with Crippen molar-refractivity contribution < 1.29 is 18.7 Å². The lowest BCUT2D eigenvalue weighted by molar-refractivity contribution is -0.115. The van der Waals surface area contributed by atoms with Gasteiger partial charge in [0.05, 0.1) is 24.8 Å². The Labute approximate surface area is 148 Å². The van der Waals surface area contributed by atoms with E-state index in [0.717, 1.165) is 10.4 Å². The number of methoxy groups -OCH3 is 2. The number of hydrogen-bond acceptors (Lipinski definition) is 7. The molecule has 0 bridgehead atoms. The molecule has 7 nitrogen and oxygen atoms in total. The molecular formula is C17H17N3O4S. The van der Waals surface area contributed by atoms with E-state index in [1.165, 1.54) is 18.4 Å². The second kappa shape index (κ2) is 7.35. The van der Waals surface area contributed by atoms with Crippen LogP contribution in [0.25, 0.3) is 10.8 Å². The van der Waals surface area contributed by atoms with Crippen LogP contribution in [0.15, 0.2) is 34.1 Å². The van der Waals surface area contributed by atoms with Gasteiger partial charge in [-0.2, -0.15) is 0 Å². The minimum Gasteiger partial charge on any atom is -0.497 e. The maximum atomic E-state index is 12.2. The lowest BCUT2D eigenvalue weighted by Crippen LogP contribution is -2.15. The Balaban J connectivity index is 1.69. The van der Waals surface area contributed by atoms with Gasteiger partial charge in [0.15, 0.2) is 0 Å². The minimum atomic E-state index is -0.276. The predicted molar refractivity (Wildman–Crippen MR) is 94.2 cm³/mol. The Kier molecular flexibility index (Phi) is 4.99. The van der Waals surface area contributed by atoms with Gasteiger partial charge in [0.1, 0.15) is 17.9 Å². The number of thiophene rings is 1. The summed E-state index contributed by atoms with van der Waals surface area (Å²) in [7, 11) is 3.09. The molecule has 0 aliphatic rings. The third-order valence-corrected chi connectivity index (χ3v) is 4.52. The zero-order valence-corrected chi connectivity index (χ0v) is 14.8. The SMILES string of the molecule is COc1ccc(NC(=O)Cc2nnc(-c3sccc3C)o2)c(OC)c1. The van der Waals surface area contributed by atoms with E-state index in [9.17, 15) is 4.79 Å². The van der Waals surface area contributed by atoms with Crippen molar-refractivity contribution in [3.05, 3.63) is 41.1 Å². The van der Waals surface area contributed by atoms with Gasteiger partial charge in [-0.3, -0.25) is 4.79 Å². The molecule has 0 saturated heterocycles. The van der Waals surface area contributed by atoms with Gasteiger partial charge in [0.2, 0.25) is 11.8 Å². The Morgan fingerprint density at radius 1 is 1.24 bits per heavy atom. The van der Waals surface area contributed by atoms with Crippen LogP contribution in [0, 0.1) is 6.92 Å². The molecule has 25 heavy (non-hydrogen) atoms. The molecule has 0 spiro atoms. The second-order valence-corrected chi connectivity index (χ2v) is 6.14. The van der Waals surface area contributed by atoms with Crippen LogP contribution in [0.2, 0.25) is 0 Å². The normalized spacial score (nSPS) is 10.5. The Bertz CT molecular complexity index is 888. The number of aryl methyl sites for hydroxylation is 1. The number of hydrogen-bond donors (Lipinski definition) is 1. The van der Waals surface area contributed by atoms with Crippen molar-refractivity contribution >= 4 is 22.9 Å². The number of ether oxygens (including phenoxy) is 2. The van der Waals surface area contributed by atoms with E-state index < -0.39 is 0 Å². The molecule has 8 heteroatoms. The molecule has 130 valence electrons. The zero-order chi connectivity index (χ0) is 17.8. The van der Waals surface area contributed by atoms with Crippen molar-refractivity contribution in [1.29, 1.82) is 0 Å². The van der Waals surface area contributed by atoms with Crippen LogP contribution in [0.1, 0.15) is 11.5 Å². The molecule has 0 fully saturated rings. The summed E-state index contributed by atoms with van der Waals surface area (Å²) in [6.07, 6.45) is -0.0212. The van der Waals surface area contributed by atoms with Crippen LogP contribution in [-0.2, 0) is 11.2 Å². The van der Waals surface area contributed by atoms with Gasteiger partial charge in [-0.25, -0.2) is 0 Å².